The van der Waals surface area contributed by atoms with Gasteiger partial charge in [-0.3, -0.25) is 9.89 Å². The molecular formula is C16H28N4S. The van der Waals surface area contributed by atoms with Gasteiger partial charge in [0.05, 0.1) is 6.54 Å². The second-order valence-electron chi connectivity index (χ2n) is 5.53. The van der Waals surface area contributed by atoms with Crippen molar-refractivity contribution < 1.29 is 0 Å². The highest BCUT2D eigenvalue weighted by Gasteiger charge is 2.19. The van der Waals surface area contributed by atoms with Crippen LogP contribution in [0.3, 0.4) is 0 Å². The van der Waals surface area contributed by atoms with Gasteiger partial charge in [-0.1, -0.05) is 19.4 Å². The van der Waals surface area contributed by atoms with Gasteiger partial charge in [-0.2, -0.15) is 0 Å². The summed E-state index contributed by atoms with van der Waals surface area (Å²) >= 11 is 1.77. The molecule has 1 atom stereocenters. The third-order valence-electron chi connectivity index (χ3n) is 4.15. The molecule has 1 unspecified atom stereocenters. The van der Waals surface area contributed by atoms with Crippen LogP contribution >= 0.6 is 11.3 Å². The zero-order valence-electron chi connectivity index (χ0n) is 13.3. The molecule has 0 radical (unpaired) electrons. The van der Waals surface area contributed by atoms with Crippen LogP contribution in [-0.2, 0) is 6.54 Å². The second kappa shape index (κ2) is 9.05. The summed E-state index contributed by atoms with van der Waals surface area (Å²) in [6, 6.07) is 5.01. The summed E-state index contributed by atoms with van der Waals surface area (Å²) in [6.45, 7) is 6.47. The Labute approximate surface area is 132 Å². The molecule has 2 heterocycles. The van der Waals surface area contributed by atoms with Crippen LogP contribution in [0.25, 0.3) is 0 Å². The number of nitrogens with zero attached hydrogens (tertiary/aromatic N) is 2. The van der Waals surface area contributed by atoms with Gasteiger partial charge < -0.3 is 10.6 Å². The second-order valence-corrected chi connectivity index (χ2v) is 6.56. The Hall–Kier alpha value is -1.07. The van der Waals surface area contributed by atoms with Gasteiger partial charge >= 0.3 is 0 Å². The van der Waals surface area contributed by atoms with E-state index in [1.54, 1.807) is 11.3 Å². The fourth-order valence-electron chi connectivity index (χ4n) is 2.94. The largest absolute Gasteiger partial charge is 0.355 e. The van der Waals surface area contributed by atoms with E-state index in [-0.39, 0.29) is 0 Å². The standard InChI is InChI=1S/C16H28N4S/c1-3-14-7-4-5-10-20(14)11-9-18-16(17-2)19-13-15-8-6-12-21-15/h6,8,12,14H,3-5,7,9-11,13H2,1-2H3,(H2,17,18,19). The molecule has 1 aromatic heterocycles. The zero-order chi connectivity index (χ0) is 14.9. The molecule has 0 aromatic carbocycles. The average molecular weight is 308 g/mol. The SMILES string of the molecule is CCC1CCCCN1CCNC(=NC)NCc1cccs1. The predicted molar refractivity (Wildman–Crippen MR) is 92.0 cm³/mol. The number of hydrogen-bond donors (Lipinski definition) is 2. The number of hydrogen-bond acceptors (Lipinski definition) is 3. The highest BCUT2D eigenvalue weighted by Crippen LogP contribution is 2.18. The quantitative estimate of drug-likeness (QED) is 0.627. The molecule has 1 aromatic rings. The van der Waals surface area contributed by atoms with E-state index in [1.165, 1.54) is 37.1 Å². The summed E-state index contributed by atoms with van der Waals surface area (Å²) in [5.41, 5.74) is 0. The number of nitrogens with one attached hydrogen (secondary N) is 2. The first kappa shape index (κ1) is 16.3. The summed E-state index contributed by atoms with van der Waals surface area (Å²) in [6.07, 6.45) is 5.38. The van der Waals surface area contributed by atoms with Crippen LogP contribution in [0.2, 0.25) is 0 Å². The lowest BCUT2D eigenvalue weighted by molar-refractivity contribution is 0.147. The fourth-order valence-corrected chi connectivity index (χ4v) is 3.58. The first-order valence-corrected chi connectivity index (χ1v) is 8.92. The summed E-state index contributed by atoms with van der Waals surface area (Å²) in [4.78, 5) is 8.25. The Morgan fingerprint density at radius 1 is 1.43 bits per heavy atom. The molecule has 4 nitrogen and oxygen atoms in total. The lowest BCUT2D eigenvalue weighted by atomic mass is 10.0. The van der Waals surface area contributed by atoms with E-state index in [0.717, 1.165) is 31.6 Å². The third-order valence-corrected chi connectivity index (χ3v) is 5.02. The molecule has 0 spiro atoms. The maximum absolute atomic E-state index is 4.29. The first-order chi connectivity index (χ1) is 10.3. The van der Waals surface area contributed by atoms with Gasteiger partial charge in [0.15, 0.2) is 5.96 Å². The summed E-state index contributed by atoms with van der Waals surface area (Å²) < 4.78 is 0. The smallest absolute Gasteiger partial charge is 0.191 e. The lowest BCUT2D eigenvalue weighted by Crippen LogP contribution is -2.45. The molecule has 2 N–H and O–H groups in total. The molecule has 1 fully saturated rings. The van der Waals surface area contributed by atoms with Crippen molar-refractivity contribution >= 4 is 17.3 Å². The van der Waals surface area contributed by atoms with E-state index in [0.29, 0.717) is 0 Å². The van der Waals surface area contributed by atoms with E-state index in [2.05, 4.69) is 45.0 Å². The molecule has 21 heavy (non-hydrogen) atoms. The van der Waals surface area contributed by atoms with Crippen molar-refractivity contribution in [3.63, 3.8) is 0 Å². The van der Waals surface area contributed by atoms with Crippen LogP contribution in [0, 0.1) is 0 Å². The van der Waals surface area contributed by atoms with Crippen molar-refractivity contribution in [2.45, 2.75) is 45.2 Å². The molecular weight excluding hydrogens is 280 g/mol. The number of rotatable bonds is 6. The van der Waals surface area contributed by atoms with Gasteiger partial charge in [-0.05, 0) is 37.3 Å². The van der Waals surface area contributed by atoms with E-state index < -0.39 is 0 Å². The summed E-state index contributed by atoms with van der Waals surface area (Å²) in [7, 11) is 1.83. The van der Waals surface area contributed by atoms with Crippen molar-refractivity contribution in [3.05, 3.63) is 22.4 Å². The van der Waals surface area contributed by atoms with Crippen LogP contribution < -0.4 is 10.6 Å². The van der Waals surface area contributed by atoms with Gasteiger partial charge in [0.1, 0.15) is 0 Å². The topological polar surface area (TPSA) is 39.7 Å². The van der Waals surface area contributed by atoms with Gasteiger partial charge in [-0.25, -0.2) is 0 Å². The van der Waals surface area contributed by atoms with Crippen molar-refractivity contribution in [3.8, 4) is 0 Å². The Kier molecular flexibility index (Phi) is 7.03. The fraction of sp³-hybridized carbons (Fsp3) is 0.688. The molecule has 0 amide bonds. The maximum Gasteiger partial charge on any atom is 0.191 e. The summed E-state index contributed by atoms with van der Waals surface area (Å²) in [5, 5.41) is 8.90. The van der Waals surface area contributed by atoms with Crippen LogP contribution in [0.15, 0.2) is 22.5 Å². The van der Waals surface area contributed by atoms with Crippen LogP contribution in [0.1, 0.15) is 37.5 Å². The minimum absolute atomic E-state index is 0.779. The number of piperidine rings is 1. The molecule has 1 aliphatic rings. The highest BCUT2D eigenvalue weighted by atomic mass is 32.1. The van der Waals surface area contributed by atoms with Crippen molar-refractivity contribution in [1.29, 1.82) is 0 Å². The van der Waals surface area contributed by atoms with E-state index in [9.17, 15) is 0 Å². The summed E-state index contributed by atoms with van der Waals surface area (Å²) in [5.74, 6) is 0.897. The van der Waals surface area contributed by atoms with E-state index in [1.807, 2.05) is 7.05 Å². The molecule has 0 bridgehead atoms. The monoisotopic (exact) mass is 308 g/mol. The molecule has 1 aliphatic heterocycles. The predicted octanol–water partition coefficient (Wildman–Crippen LogP) is 2.68. The number of guanidine groups is 1. The Morgan fingerprint density at radius 3 is 3.05 bits per heavy atom. The van der Waals surface area contributed by atoms with Gasteiger partial charge in [0, 0.05) is 31.1 Å². The average Bonchev–Trinajstić information content (AvgIpc) is 3.04. The number of likely N-dealkylation sites (tertiary alicyclic amines) is 1. The van der Waals surface area contributed by atoms with Crippen molar-refractivity contribution in [1.82, 2.24) is 15.5 Å². The zero-order valence-corrected chi connectivity index (χ0v) is 14.1. The van der Waals surface area contributed by atoms with Crippen LogP contribution in [-0.4, -0.2) is 43.6 Å². The lowest BCUT2D eigenvalue weighted by Gasteiger charge is -2.35. The molecule has 1 saturated heterocycles. The maximum atomic E-state index is 4.29. The normalized spacial score (nSPS) is 20.5. The Morgan fingerprint density at radius 2 is 2.33 bits per heavy atom. The minimum atomic E-state index is 0.779. The molecule has 0 aliphatic carbocycles. The Balaban J connectivity index is 1.68. The highest BCUT2D eigenvalue weighted by molar-refractivity contribution is 7.09. The van der Waals surface area contributed by atoms with Crippen molar-refractivity contribution in [2.24, 2.45) is 4.99 Å². The van der Waals surface area contributed by atoms with Gasteiger partial charge in [0.2, 0.25) is 0 Å². The van der Waals surface area contributed by atoms with Gasteiger partial charge in [-0.15, -0.1) is 11.3 Å². The third kappa shape index (κ3) is 5.32. The number of aliphatic imine (C=N–C) groups is 1. The van der Waals surface area contributed by atoms with Crippen LogP contribution in [0.4, 0.5) is 0 Å². The molecule has 5 heteroatoms. The minimum Gasteiger partial charge on any atom is -0.355 e. The first-order valence-electron chi connectivity index (χ1n) is 8.04. The van der Waals surface area contributed by atoms with Crippen LogP contribution in [0.5, 0.6) is 0 Å². The molecule has 118 valence electrons. The molecule has 0 saturated carbocycles. The van der Waals surface area contributed by atoms with Crippen molar-refractivity contribution in [2.75, 3.05) is 26.7 Å². The molecule has 2 rings (SSSR count). The van der Waals surface area contributed by atoms with E-state index >= 15 is 0 Å². The number of thiophene rings is 1. The van der Waals surface area contributed by atoms with E-state index in [4.69, 9.17) is 0 Å². The van der Waals surface area contributed by atoms with Gasteiger partial charge in [0.25, 0.3) is 0 Å². The Bertz CT molecular complexity index is 416.